The van der Waals surface area contributed by atoms with Crippen molar-refractivity contribution in [2.45, 2.75) is 74.3 Å². The number of nitrogens with two attached hydrogens (primary N) is 3. The van der Waals surface area contributed by atoms with Gasteiger partial charge in [0.2, 0.25) is 5.91 Å². The lowest BCUT2D eigenvalue weighted by Crippen LogP contribution is -2.60. The number of carbonyl (C=O) groups is 1. The highest BCUT2D eigenvalue weighted by Crippen LogP contribution is 2.24. The molecule has 0 bridgehead atoms. The van der Waals surface area contributed by atoms with Gasteiger partial charge in [0.15, 0.2) is 6.29 Å². The molecule has 188 valence electrons. The van der Waals surface area contributed by atoms with E-state index < -0.39 is 73.9 Å². The summed E-state index contributed by atoms with van der Waals surface area (Å²) in [6, 6.07) is -2.13. The number of aliphatic hydroxyl groups is 4. The van der Waals surface area contributed by atoms with Crippen LogP contribution < -0.4 is 27.8 Å². The number of methoxy groups -OCH3 is 1. The number of aliphatic hydroxyl groups excluding tert-OH is 4. The molecule has 10 atom stereocenters. The largest absolute Gasteiger partial charge is 0.394 e. The maximum absolute atomic E-state index is 11.9. The highest BCUT2D eigenvalue weighted by molar-refractivity contribution is 5.81. The summed E-state index contributed by atoms with van der Waals surface area (Å²) in [7, 11) is 1.31. The van der Waals surface area contributed by atoms with Gasteiger partial charge in [-0.1, -0.05) is 0 Å². The fraction of sp³-hybridized carbons (Fsp3) is 0.944. The first-order valence-corrected chi connectivity index (χ1v) is 10.6. The van der Waals surface area contributed by atoms with E-state index in [1.807, 2.05) is 0 Å². The molecule has 0 spiro atoms. The first-order valence-electron chi connectivity index (χ1n) is 10.6. The molecule has 2 aliphatic heterocycles. The molecule has 2 rings (SSSR count). The molecule has 0 aromatic heterocycles. The van der Waals surface area contributed by atoms with Crippen LogP contribution in [-0.4, -0.2) is 121 Å². The van der Waals surface area contributed by atoms with Gasteiger partial charge in [-0.2, -0.15) is 0 Å². The van der Waals surface area contributed by atoms with Gasteiger partial charge in [-0.25, -0.2) is 0 Å². The third-order valence-electron chi connectivity index (χ3n) is 5.59. The van der Waals surface area contributed by atoms with Crippen LogP contribution in [0.4, 0.5) is 0 Å². The number of carbonyl (C=O) groups excluding carboxylic acids is 1. The lowest BCUT2D eigenvalue weighted by molar-refractivity contribution is -0.375. The third kappa shape index (κ3) is 7.24. The summed E-state index contributed by atoms with van der Waals surface area (Å²) >= 11 is 0. The molecular weight excluding hydrogens is 430 g/mol. The molecule has 32 heavy (non-hydrogen) atoms. The lowest BCUT2D eigenvalue weighted by Gasteiger charge is -2.40. The van der Waals surface area contributed by atoms with Crippen molar-refractivity contribution < 1.29 is 44.2 Å². The van der Waals surface area contributed by atoms with Gasteiger partial charge in [0.1, 0.15) is 18.3 Å². The van der Waals surface area contributed by atoms with E-state index >= 15 is 0 Å². The Kier molecular flexibility index (Phi) is 11.1. The maximum atomic E-state index is 11.9. The summed E-state index contributed by atoms with van der Waals surface area (Å²) in [5, 5.41) is 45.5. The number of ether oxygens (including phenoxy) is 4. The van der Waals surface area contributed by atoms with Gasteiger partial charge >= 0.3 is 0 Å². The molecule has 0 aromatic carbocycles. The van der Waals surface area contributed by atoms with Crippen molar-refractivity contribution >= 4 is 5.91 Å². The Morgan fingerprint density at radius 3 is 2.66 bits per heavy atom. The molecular formula is C18H37N5O9. The van der Waals surface area contributed by atoms with Crippen molar-refractivity contribution in [3.05, 3.63) is 0 Å². The Balaban J connectivity index is 1.98. The van der Waals surface area contributed by atoms with Gasteiger partial charge in [-0.05, 0) is 13.0 Å². The summed E-state index contributed by atoms with van der Waals surface area (Å²) in [4.78, 5) is 11.9. The van der Waals surface area contributed by atoms with E-state index in [4.69, 9.17) is 36.1 Å². The SMILES string of the molecule is COC(O[C@H]1OC(CO)[C@@H](NC(=O)[C@@H](O)CN)CC1O)O[C@@H]1CNCC[C@@H](N)C(O)C1N. The highest BCUT2D eigenvalue weighted by Gasteiger charge is 2.41. The first-order chi connectivity index (χ1) is 15.2. The highest BCUT2D eigenvalue weighted by atomic mass is 16.9. The second-order valence-electron chi connectivity index (χ2n) is 7.95. The van der Waals surface area contributed by atoms with Gasteiger partial charge in [-0.15, -0.1) is 0 Å². The van der Waals surface area contributed by atoms with Crippen LogP contribution in [0.5, 0.6) is 0 Å². The minimum absolute atomic E-state index is 0.0343. The molecule has 0 aliphatic carbocycles. The van der Waals surface area contributed by atoms with Crippen LogP contribution in [0.3, 0.4) is 0 Å². The molecule has 2 saturated heterocycles. The monoisotopic (exact) mass is 467 g/mol. The van der Waals surface area contributed by atoms with Crippen LogP contribution in [0.25, 0.3) is 0 Å². The van der Waals surface area contributed by atoms with Crippen LogP contribution >= 0.6 is 0 Å². The van der Waals surface area contributed by atoms with Crippen LogP contribution in [0.15, 0.2) is 0 Å². The standard InChI is InChI=1S/C18H37N5O9/c1-29-18(31-12-6-22-3-2-8(20)15(27)14(12)21)32-17-10(25)4-9(13(7-24)30-17)23-16(28)11(26)5-19/h8-15,17-18,22,24-27H,2-7,19-21H2,1H3,(H,23,28)/t8-,9+,10?,11+,12-,13?,14?,15?,17-,18?/m1/s1. The Morgan fingerprint density at radius 2 is 2.03 bits per heavy atom. The predicted octanol–water partition coefficient (Wildman–Crippen LogP) is -5.40. The third-order valence-corrected chi connectivity index (χ3v) is 5.59. The van der Waals surface area contributed by atoms with Crippen LogP contribution in [0.2, 0.25) is 0 Å². The van der Waals surface area contributed by atoms with Gasteiger partial charge in [0.25, 0.3) is 6.48 Å². The van der Waals surface area contributed by atoms with Crippen molar-refractivity contribution in [3.63, 3.8) is 0 Å². The summed E-state index contributed by atoms with van der Waals surface area (Å²) < 4.78 is 22.1. The van der Waals surface area contributed by atoms with Crippen LogP contribution in [0, 0.1) is 0 Å². The van der Waals surface area contributed by atoms with E-state index in [-0.39, 0.29) is 13.0 Å². The minimum atomic E-state index is -1.42. The quantitative estimate of drug-likeness (QED) is 0.144. The molecule has 5 unspecified atom stereocenters. The molecule has 2 aliphatic rings. The van der Waals surface area contributed by atoms with E-state index in [0.29, 0.717) is 19.5 Å². The molecule has 2 heterocycles. The summed E-state index contributed by atoms with van der Waals surface area (Å²) in [5.41, 5.74) is 17.3. The molecule has 14 heteroatoms. The van der Waals surface area contributed by atoms with Gasteiger partial charge in [0.05, 0.1) is 30.9 Å². The van der Waals surface area contributed by atoms with Crippen molar-refractivity contribution in [1.82, 2.24) is 10.6 Å². The number of nitrogens with one attached hydrogen (secondary N) is 2. The van der Waals surface area contributed by atoms with Crippen LogP contribution in [-0.2, 0) is 23.7 Å². The maximum Gasteiger partial charge on any atom is 0.274 e. The number of rotatable bonds is 9. The average Bonchev–Trinajstić information content (AvgIpc) is 2.79. The molecule has 2 fully saturated rings. The molecule has 14 nitrogen and oxygen atoms in total. The Morgan fingerprint density at radius 1 is 1.31 bits per heavy atom. The Hall–Kier alpha value is -1.01. The van der Waals surface area contributed by atoms with Crippen molar-refractivity contribution in [2.24, 2.45) is 17.2 Å². The molecule has 0 aromatic rings. The van der Waals surface area contributed by atoms with E-state index in [9.17, 15) is 25.2 Å². The van der Waals surface area contributed by atoms with Crippen molar-refractivity contribution in [3.8, 4) is 0 Å². The second-order valence-corrected chi connectivity index (χ2v) is 7.95. The van der Waals surface area contributed by atoms with Crippen molar-refractivity contribution in [2.75, 3.05) is 33.4 Å². The minimum Gasteiger partial charge on any atom is -0.394 e. The zero-order chi connectivity index (χ0) is 23.8. The normalized spacial score (nSPS) is 38.4. The zero-order valence-electron chi connectivity index (χ0n) is 18.1. The summed E-state index contributed by atoms with van der Waals surface area (Å²) in [5.74, 6) is -0.744. The fourth-order valence-corrected chi connectivity index (χ4v) is 3.57. The number of amides is 1. The topological polar surface area (TPSA) is 237 Å². The molecule has 1 amide bonds. The second kappa shape index (κ2) is 13.0. The predicted molar refractivity (Wildman–Crippen MR) is 110 cm³/mol. The van der Waals surface area contributed by atoms with E-state index in [0.717, 1.165) is 0 Å². The summed E-state index contributed by atoms with van der Waals surface area (Å²) in [6.07, 6.45) is -6.03. The van der Waals surface area contributed by atoms with E-state index in [1.54, 1.807) is 0 Å². The average molecular weight is 468 g/mol. The number of hydrogen-bond acceptors (Lipinski definition) is 13. The van der Waals surface area contributed by atoms with E-state index in [1.165, 1.54) is 7.11 Å². The Labute approximate surface area is 186 Å². The molecule has 0 saturated carbocycles. The number of hydrogen-bond donors (Lipinski definition) is 9. The fourth-order valence-electron chi connectivity index (χ4n) is 3.57. The Bertz CT molecular complexity index is 577. The lowest BCUT2D eigenvalue weighted by atomic mass is 9.95. The molecule has 12 N–H and O–H groups in total. The van der Waals surface area contributed by atoms with Gasteiger partial charge in [0, 0.05) is 32.7 Å². The zero-order valence-corrected chi connectivity index (χ0v) is 18.1. The van der Waals surface area contributed by atoms with Gasteiger partial charge < -0.3 is 62.5 Å². The van der Waals surface area contributed by atoms with Gasteiger partial charge in [-0.3, -0.25) is 9.53 Å². The van der Waals surface area contributed by atoms with Crippen molar-refractivity contribution in [1.29, 1.82) is 0 Å². The summed E-state index contributed by atoms with van der Waals surface area (Å²) in [6.45, 7) is -1.21. The molecule has 0 radical (unpaired) electrons. The van der Waals surface area contributed by atoms with E-state index in [2.05, 4.69) is 10.6 Å². The first kappa shape index (κ1) is 27.2. The van der Waals surface area contributed by atoms with Crippen LogP contribution in [0.1, 0.15) is 12.8 Å². The smallest absolute Gasteiger partial charge is 0.274 e.